The lowest BCUT2D eigenvalue weighted by atomic mass is 9.79. The van der Waals surface area contributed by atoms with Crippen LogP contribution in [0.3, 0.4) is 0 Å². The van der Waals surface area contributed by atoms with Gasteiger partial charge in [0, 0.05) is 0 Å². The SMILES string of the molecule is CC(C)(C)OC(=O)NCC(O)c1ccc(CC(C)(C)C(=O)O)c(CC(C)(C)C(=O)O)c1. The van der Waals surface area contributed by atoms with Crippen molar-refractivity contribution in [2.45, 2.75) is 73.0 Å². The van der Waals surface area contributed by atoms with Gasteiger partial charge in [-0.15, -0.1) is 0 Å². The van der Waals surface area contributed by atoms with Gasteiger partial charge in [-0.2, -0.15) is 0 Å². The van der Waals surface area contributed by atoms with Crippen molar-refractivity contribution in [3.8, 4) is 0 Å². The lowest BCUT2D eigenvalue weighted by molar-refractivity contribution is -0.147. The van der Waals surface area contributed by atoms with Gasteiger partial charge in [-0.25, -0.2) is 4.79 Å². The topological polar surface area (TPSA) is 133 Å². The number of hydrogen-bond acceptors (Lipinski definition) is 5. The van der Waals surface area contributed by atoms with Gasteiger partial charge in [0.25, 0.3) is 0 Å². The van der Waals surface area contributed by atoms with E-state index >= 15 is 0 Å². The van der Waals surface area contributed by atoms with Gasteiger partial charge in [-0.05, 0) is 78.0 Å². The number of carbonyl (C=O) groups is 3. The van der Waals surface area contributed by atoms with Crippen molar-refractivity contribution in [3.63, 3.8) is 0 Å². The summed E-state index contributed by atoms with van der Waals surface area (Å²) < 4.78 is 5.15. The summed E-state index contributed by atoms with van der Waals surface area (Å²) in [5, 5.41) is 32.0. The molecule has 8 heteroatoms. The van der Waals surface area contributed by atoms with E-state index in [0.29, 0.717) is 16.7 Å². The number of aliphatic hydroxyl groups is 1. The number of rotatable bonds is 9. The van der Waals surface area contributed by atoms with Gasteiger partial charge in [0.2, 0.25) is 0 Å². The van der Waals surface area contributed by atoms with Crippen LogP contribution in [0.1, 0.15) is 71.3 Å². The summed E-state index contributed by atoms with van der Waals surface area (Å²) in [7, 11) is 0. The Morgan fingerprint density at radius 1 is 0.903 bits per heavy atom. The Morgan fingerprint density at radius 2 is 1.39 bits per heavy atom. The standard InChI is InChI=1S/C23H35NO7/c1-21(2,3)31-20(30)24-13-17(25)14-8-9-15(11-22(4,5)18(26)27)16(10-14)12-23(6,7)19(28)29/h8-10,17,25H,11-13H2,1-7H3,(H,24,30)(H,26,27)(H,28,29). The number of carboxylic acids is 2. The first-order valence-corrected chi connectivity index (χ1v) is 10.2. The molecular formula is C23H35NO7. The quantitative estimate of drug-likeness (QED) is 0.464. The third-order valence-electron chi connectivity index (χ3n) is 4.88. The van der Waals surface area contributed by atoms with Gasteiger partial charge < -0.3 is 25.4 Å². The lowest BCUT2D eigenvalue weighted by Crippen LogP contribution is -2.34. The van der Waals surface area contributed by atoms with Crippen molar-refractivity contribution in [1.29, 1.82) is 0 Å². The summed E-state index contributed by atoms with van der Waals surface area (Å²) in [5.41, 5.74) is -0.943. The van der Waals surface area contributed by atoms with Crippen molar-refractivity contribution in [2.24, 2.45) is 10.8 Å². The van der Waals surface area contributed by atoms with Crippen LogP contribution in [-0.4, -0.2) is 45.5 Å². The normalized spacial score (nSPS) is 13.4. The van der Waals surface area contributed by atoms with E-state index in [0.717, 1.165) is 0 Å². The van der Waals surface area contributed by atoms with Gasteiger partial charge in [-0.3, -0.25) is 9.59 Å². The molecule has 1 aromatic rings. The highest BCUT2D eigenvalue weighted by Crippen LogP contribution is 2.31. The molecule has 0 bridgehead atoms. The van der Waals surface area contributed by atoms with Crippen molar-refractivity contribution < 1.29 is 34.4 Å². The van der Waals surface area contributed by atoms with Crippen LogP contribution in [0, 0.1) is 10.8 Å². The van der Waals surface area contributed by atoms with E-state index in [2.05, 4.69) is 5.32 Å². The molecule has 0 saturated heterocycles. The molecule has 0 spiro atoms. The third kappa shape index (κ3) is 8.20. The molecule has 8 nitrogen and oxygen atoms in total. The molecule has 1 unspecified atom stereocenters. The fourth-order valence-corrected chi connectivity index (χ4v) is 2.91. The zero-order valence-electron chi connectivity index (χ0n) is 19.4. The summed E-state index contributed by atoms with van der Waals surface area (Å²) in [6.45, 7) is 11.5. The van der Waals surface area contributed by atoms with Crippen molar-refractivity contribution in [3.05, 3.63) is 34.9 Å². The summed E-state index contributed by atoms with van der Waals surface area (Å²) in [4.78, 5) is 35.0. The minimum absolute atomic E-state index is 0.0867. The van der Waals surface area contributed by atoms with Gasteiger partial charge in [0.1, 0.15) is 5.60 Å². The number of benzene rings is 1. The molecule has 1 aromatic carbocycles. The molecule has 4 N–H and O–H groups in total. The number of hydrogen-bond donors (Lipinski definition) is 4. The minimum atomic E-state index is -1.08. The molecule has 1 rings (SSSR count). The molecule has 0 aromatic heterocycles. The molecule has 0 fully saturated rings. The van der Waals surface area contributed by atoms with Crippen molar-refractivity contribution in [1.82, 2.24) is 5.32 Å². The molecule has 0 aliphatic heterocycles. The van der Waals surface area contributed by atoms with E-state index in [-0.39, 0.29) is 19.4 Å². The Morgan fingerprint density at radius 3 is 1.84 bits per heavy atom. The molecule has 0 heterocycles. The Bertz CT molecular complexity index is 822. The summed E-state index contributed by atoms with van der Waals surface area (Å²) in [6.07, 6.45) is -1.33. The van der Waals surface area contributed by atoms with Crippen LogP contribution in [0.4, 0.5) is 4.79 Å². The fraction of sp³-hybridized carbons (Fsp3) is 0.609. The Balaban J connectivity index is 3.15. The second-order valence-corrected chi connectivity index (χ2v) is 10.2. The van der Waals surface area contributed by atoms with E-state index in [1.807, 2.05) is 0 Å². The number of aliphatic carboxylic acids is 2. The fourth-order valence-electron chi connectivity index (χ4n) is 2.91. The average molecular weight is 438 g/mol. The van der Waals surface area contributed by atoms with Gasteiger partial charge in [0.15, 0.2) is 0 Å². The molecule has 0 aliphatic carbocycles. The Hall–Kier alpha value is -2.61. The number of ether oxygens (including phenoxy) is 1. The van der Waals surface area contributed by atoms with Crippen LogP contribution in [0.15, 0.2) is 18.2 Å². The van der Waals surface area contributed by atoms with Crippen LogP contribution < -0.4 is 5.32 Å². The first-order valence-electron chi connectivity index (χ1n) is 10.2. The van der Waals surface area contributed by atoms with Gasteiger partial charge >= 0.3 is 18.0 Å². The smallest absolute Gasteiger partial charge is 0.407 e. The summed E-state index contributed by atoms with van der Waals surface area (Å²) in [6, 6.07) is 5.05. The number of carboxylic acid groups (broad SMARTS) is 2. The number of nitrogens with one attached hydrogen (secondary N) is 1. The third-order valence-corrected chi connectivity index (χ3v) is 4.88. The molecule has 1 amide bonds. The largest absolute Gasteiger partial charge is 0.481 e. The second kappa shape index (κ2) is 9.68. The molecule has 1 atom stereocenters. The predicted molar refractivity (Wildman–Crippen MR) is 116 cm³/mol. The predicted octanol–water partition coefficient (Wildman–Crippen LogP) is 3.55. The first kappa shape index (κ1) is 26.4. The monoisotopic (exact) mass is 437 g/mol. The summed E-state index contributed by atoms with van der Waals surface area (Å²) >= 11 is 0. The van der Waals surface area contributed by atoms with Crippen LogP contribution in [0.2, 0.25) is 0 Å². The number of alkyl carbamates (subject to hydrolysis) is 1. The Kier molecular flexibility index (Phi) is 8.25. The van der Waals surface area contributed by atoms with Crippen molar-refractivity contribution in [2.75, 3.05) is 6.54 Å². The number of carbonyl (C=O) groups excluding carboxylic acids is 1. The van der Waals surface area contributed by atoms with Crippen LogP contribution in [-0.2, 0) is 27.2 Å². The number of aliphatic hydroxyl groups excluding tert-OH is 1. The zero-order chi connectivity index (χ0) is 24.2. The summed E-state index contributed by atoms with van der Waals surface area (Å²) in [5.74, 6) is -1.94. The average Bonchev–Trinajstić information content (AvgIpc) is 2.59. The van der Waals surface area contributed by atoms with Crippen LogP contribution in [0.5, 0.6) is 0 Å². The maximum atomic E-state index is 11.8. The maximum Gasteiger partial charge on any atom is 0.407 e. The molecule has 174 valence electrons. The van der Waals surface area contributed by atoms with Crippen LogP contribution >= 0.6 is 0 Å². The first-order chi connectivity index (χ1) is 13.9. The molecule has 0 aliphatic rings. The van der Waals surface area contributed by atoms with E-state index in [1.165, 1.54) is 0 Å². The van der Waals surface area contributed by atoms with E-state index in [4.69, 9.17) is 4.74 Å². The van der Waals surface area contributed by atoms with E-state index < -0.39 is 40.6 Å². The highest BCUT2D eigenvalue weighted by atomic mass is 16.6. The van der Waals surface area contributed by atoms with E-state index in [1.54, 1.807) is 66.7 Å². The zero-order valence-corrected chi connectivity index (χ0v) is 19.4. The lowest BCUT2D eigenvalue weighted by Gasteiger charge is -2.26. The molecule has 0 saturated carbocycles. The molecule has 31 heavy (non-hydrogen) atoms. The van der Waals surface area contributed by atoms with Gasteiger partial charge in [0.05, 0.1) is 23.5 Å². The minimum Gasteiger partial charge on any atom is -0.481 e. The second-order valence-electron chi connectivity index (χ2n) is 10.2. The molecular weight excluding hydrogens is 402 g/mol. The maximum absolute atomic E-state index is 11.8. The Labute approximate surface area is 183 Å². The van der Waals surface area contributed by atoms with Crippen LogP contribution in [0.25, 0.3) is 0 Å². The van der Waals surface area contributed by atoms with Gasteiger partial charge in [-0.1, -0.05) is 18.2 Å². The highest BCUT2D eigenvalue weighted by molar-refractivity contribution is 5.75. The molecule has 0 radical (unpaired) electrons. The highest BCUT2D eigenvalue weighted by Gasteiger charge is 2.32. The number of amides is 1. The van der Waals surface area contributed by atoms with E-state index in [9.17, 15) is 29.7 Å². The van der Waals surface area contributed by atoms with Crippen molar-refractivity contribution >= 4 is 18.0 Å².